The predicted octanol–water partition coefficient (Wildman–Crippen LogP) is 3.43. The van der Waals surface area contributed by atoms with Crippen LogP contribution in [0.5, 0.6) is 0 Å². The monoisotopic (exact) mass is 364 g/mol. The lowest BCUT2D eigenvalue weighted by atomic mass is 11.9. The number of hydrogen-bond acceptors (Lipinski definition) is 8. The molecule has 3 fully saturated rings. The average molecular weight is 364 g/mol. The Hall–Kier alpha value is 0.871. The maximum absolute atomic E-state index is 12.7. The van der Waals surface area contributed by atoms with Gasteiger partial charge < -0.3 is 25.3 Å². The van der Waals surface area contributed by atoms with Crippen molar-refractivity contribution in [3.05, 3.63) is 0 Å². The number of fused-ring (bicyclic) bond motifs is 6. The van der Waals surface area contributed by atoms with E-state index in [2.05, 4.69) is 0 Å². The molecular weight excluding hydrogens is 346 g/mol. The maximum Gasteiger partial charge on any atom is 0.450 e. The summed E-state index contributed by atoms with van der Waals surface area (Å²) in [5.74, 6) is 0. The van der Waals surface area contributed by atoms with Crippen molar-refractivity contribution in [1.82, 2.24) is 0 Å². The molecule has 13 heteroatoms. The van der Waals surface area contributed by atoms with Crippen LogP contribution in [0.25, 0.3) is 0 Å². The molecule has 3 saturated heterocycles. The molecule has 0 saturated carbocycles. The molecule has 112 valence electrons. The molecule has 2 bridgehead atoms. The predicted molar refractivity (Wildman–Crippen MR) is 74.2 cm³/mol. The van der Waals surface area contributed by atoms with E-state index in [4.69, 9.17) is 25.3 Å². The minimum atomic E-state index is -3.85. The molecule has 3 rings (SSSR count). The molecule has 0 atom stereocenters. The highest BCUT2D eigenvalue weighted by molar-refractivity contribution is 7.59. The van der Waals surface area contributed by atoms with Gasteiger partial charge in [0.25, 0.3) is 0 Å². The fraction of sp³-hybridized carbons (Fsp3) is 1.00. The van der Waals surface area contributed by atoms with E-state index in [1.807, 2.05) is 0 Å². The third-order valence-corrected chi connectivity index (χ3v) is 17.9. The van der Waals surface area contributed by atoms with Gasteiger partial charge in [-0.15, -0.1) is 0 Å². The van der Waals surface area contributed by atoms with Crippen molar-refractivity contribution >= 4 is 41.3 Å². The maximum atomic E-state index is 12.7. The Kier molecular flexibility index (Phi) is 3.79. The Labute approximate surface area is 115 Å². The second kappa shape index (κ2) is 4.43. The smallest absolute Gasteiger partial charge is 0.303 e. The Morgan fingerprint density at radius 1 is 0.526 bits per heavy atom. The summed E-state index contributed by atoms with van der Waals surface area (Å²) in [6.07, 6.45) is 0. The molecule has 0 aromatic carbocycles. The van der Waals surface area contributed by atoms with Crippen LogP contribution in [0.4, 0.5) is 0 Å². The minimum absolute atomic E-state index is 1.57. The van der Waals surface area contributed by atoms with Crippen molar-refractivity contribution in [3.8, 4) is 0 Å². The topological polar surface area (TPSA) is 89.5 Å². The number of phosphoric acid groups is 2. The molecule has 19 heavy (non-hydrogen) atoms. The van der Waals surface area contributed by atoms with Crippen molar-refractivity contribution in [2.75, 3.05) is 0 Å². The lowest BCUT2D eigenvalue weighted by Gasteiger charge is -2.44. The molecule has 0 radical (unpaired) electrons. The van der Waals surface area contributed by atoms with E-state index in [-0.39, 0.29) is 0 Å². The Morgan fingerprint density at radius 2 is 0.684 bits per heavy atom. The molecule has 0 unspecified atom stereocenters. The van der Waals surface area contributed by atoms with Crippen molar-refractivity contribution in [1.29, 1.82) is 0 Å². The highest BCUT2D eigenvalue weighted by atomic mass is 31.2. The fourth-order valence-electron chi connectivity index (χ4n) is 1.78. The lowest BCUT2D eigenvalue weighted by Crippen LogP contribution is -2.49. The minimum Gasteiger partial charge on any atom is -0.303 e. The summed E-state index contributed by atoms with van der Waals surface area (Å²) in [6.45, 7) is 9.45. The van der Waals surface area contributed by atoms with Gasteiger partial charge in [0, 0.05) is 0 Å². The van der Waals surface area contributed by atoms with Gasteiger partial charge in [0.2, 0.25) is 0 Å². The van der Waals surface area contributed by atoms with Crippen LogP contribution in [0.2, 0.25) is 39.3 Å². The van der Waals surface area contributed by atoms with E-state index in [1.54, 1.807) is 39.3 Å². The molecule has 0 N–H and O–H groups in total. The Balaban J connectivity index is 2.55. The van der Waals surface area contributed by atoms with Gasteiger partial charge in [-0.3, -0.25) is 0 Å². The molecule has 3 aliphatic rings. The third-order valence-electron chi connectivity index (χ3n) is 1.99. The quantitative estimate of drug-likeness (QED) is 0.477. The van der Waals surface area contributed by atoms with Gasteiger partial charge in [0.1, 0.15) is 0 Å². The zero-order valence-corrected chi connectivity index (χ0v) is 16.4. The van der Waals surface area contributed by atoms with E-state index in [9.17, 15) is 9.13 Å². The van der Waals surface area contributed by atoms with Gasteiger partial charge in [0.05, 0.1) is 0 Å². The van der Waals surface area contributed by atoms with Crippen LogP contribution in [0, 0.1) is 0 Å². The van der Waals surface area contributed by atoms with Crippen molar-refractivity contribution in [2.24, 2.45) is 0 Å². The van der Waals surface area contributed by atoms with E-state index >= 15 is 0 Å². The van der Waals surface area contributed by atoms with Crippen LogP contribution in [0.3, 0.4) is 0 Å². The largest absolute Gasteiger partial charge is 0.450 e. The zero-order valence-electron chi connectivity index (χ0n) is 11.7. The van der Waals surface area contributed by atoms with Crippen LogP contribution in [-0.2, 0) is 34.4 Å². The van der Waals surface area contributed by atoms with Crippen LogP contribution in [0.1, 0.15) is 0 Å². The van der Waals surface area contributed by atoms with Gasteiger partial charge in [-0.2, -0.15) is 0 Å². The molecule has 3 heterocycles. The normalized spacial score (nSPS) is 44.1. The molecule has 8 nitrogen and oxygen atoms in total. The van der Waals surface area contributed by atoms with Gasteiger partial charge in [-0.05, 0) is 39.3 Å². The molecular formula is C6H18O8P2Si3. The summed E-state index contributed by atoms with van der Waals surface area (Å²) >= 11 is 0. The second-order valence-corrected chi connectivity index (χ2v) is 20.2. The highest BCUT2D eigenvalue weighted by Crippen LogP contribution is 2.68. The van der Waals surface area contributed by atoms with Crippen molar-refractivity contribution < 1.29 is 34.4 Å². The average Bonchev–Trinajstić information content (AvgIpc) is 1.85. The first kappa shape index (κ1) is 16.2. The van der Waals surface area contributed by atoms with Gasteiger partial charge >= 0.3 is 41.3 Å². The lowest BCUT2D eigenvalue weighted by molar-refractivity contribution is 0.160. The standard InChI is InChI=1S/C6H18O8P2Si3/c1-17(2)9-15(7)11-18(3,4)12-16(8,10-17)14-19(5,6)13-15/h1-6H3. The SMILES string of the molecule is C[Si]1(C)OP2(=O)O[Si](C)(C)OP(=O)(O1)O[Si](C)(C)O2. The first-order chi connectivity index (χ1) is 8.24. The van der Waals surface area contributed by atoms with E-state index in [1.165, 1.54) is 0 Å². The molecule has 0 amide bonds. The number of rotatable bonds is 0. The van der Waals surface area contributed by atoms with Crippen molar-refractivity contribution in [2.45, 2.75) is 39.3 Å². The van der Waals surface area contributed by atoms with Gasteiger partial charge in [-0.1, -0.05) is 0 Å². The molecule has 3 aliphatic heterocycles. The van der Waals surface area contributed by atoms with Crippen LogP contribution >= 0.6 is 15.6 Å². The zero-order chi connectivity index (χ0) is 14.7. The summed E-state index contributed by atoms with van der Waals surface area (Å²) in [5, 5.41) is 0. The summed E-state index contributed by atoms with van der Waals surface area (Å²) in [5.41, 5.74) is 0. The summed E-state index contributed by atoms with van der Waals surface area (Å²) < 4.78 is 58.0. The summed E-state index contributed by atoms with van der Waals surface area (Å²) in [7, 11) is -16.8. The second-order valence-electron chi connectivity index (χ2n) is 5.64. The first-order valence-corrected chi connectivity index (χ1v) is 17.1. The third kappa shape index (κ3) is 3.95. The molecule has 0 aromatic rings. The fourth-order valence-corrected chi connectivity index (χ4v) is 18.9. The molecule has 0 spiro atoms. The van der Waals surface area contributed by atoms with Crippen LogP contribution in [-0.4, -0.2) is 25.7 Å². The Morgan fingerprint density at radius 3 is 0.842 bits per heavy atom. The number of hydrogen-bond donors (Lipinski definition) is 0. The van der Waals surface area contributed by atoms with Crippen LogP contribution in [0.15, 0.2) is 0 Å². The first-order valence-electron chi connectivity index (χ1n) is 5.69. The van der Waals surface area contributed by atoms with Gasteiger partial charge in [0.15, 0.2) is 0 Å². The molecule has 0 aliphatic carbocycles. The van der Waals surface area contributed by atoms with E-state index < -0.39 is 41.3 Å². The van der Waals surface area contributed by atoms with Crippen LogP contribution < -0.4 is 0 Å². The van der Waals surface area contributed by atoms with Gasteiger partial charge in [-0.25, -0.2) is 9.13 Å². The summed E-state index contributed by atoms with van der Waals surface area (Å²) in [4.78, 5) is 0. The van der Waals surface area contributed by atoms with E-state index in [0.29, 0.717) is 0 Å². The van der Waals surface area contributed by atoms with E-state index in [0.717, 1.165) is 0 Å². The molecule has 0 aromatic heterocycles. The summed E-state index contributed by atoms with van der Waals surface area (Å²) in [6, 6.07) is 0. The Bertz CT molecular complexity index is 386. The van der Waals surface area contributed by atoms with Crippen molar-refractivity contribution in [3.63, 3.8) is 0 Å². The highest BCUT2D eigenvalue weighted by Gasteiger charge is 2.60.